The Bertz CT molecular complexity index is 413. The highest BCUT2D eigenvalue weighted by molar-refractivity contribution is 5.42. The number of nitrogens with one attached hydrogen (secondary N) is 1. The average molecular weight is 291 g/mol. The Morgan fingerprint density at radius 1 is 1.19 bits per heavy atom. The van der Waals surface area contributed by atoms with Crippen LogP contribution in [-0.4, -0.2) is 25.1 Å². The molecular weight excluding hydrogens is 258 g/mol. The summed E-state index contributed by atoms with van der Waals surface area (Å²) in [5.74, 6) is 2.26. The zero-order valence-electron chi connectivity index (χ0n) is 14.7. The van der Waals surface area contributed by atoms with Crippen LogP contribution >= 0.6 is 0 Å². The Kier molecular flexibility index (Phi) is 7.73. The third-order valence-corrected chi connectivity index (χ3v) is 3.60. The maximum Gasteiger partial charge on any atom is 0.128 e. The first-order chi connectivity index (χ1) is 9.93. The molecule has 21 heavy (non-hydrogen) atoms. The molecule has 1 aromatic heterocycles. The second-order valence-corrected chi connectivity index (χ2v) is 6.71. The van der Waals surface area contributed by atoms with Gasteiger partial charge in [-0.3, -0.25) is 0 Å². The summed E-state index contributed by atoms with van der Waals surface area (Å²) >= 11 is 0. The zero-order chi connectivity index (χ0) is 15.8. The van der Waals surface area contributed by atoms with Crippen LogP contribution in [-0.2, 0) is 6.54 Å². The van der Waals surface area contributed by atoms with Crippen LogP contribution in [0.1, 0.15) is 64.6 Å². The Morgan fingerprint density at radius 2 is 1.90 bits per heavy atom. The van der Waals surface area contributed by atoms with Crippen molar-refractivity contribution in [2.75, 3.05) is 25.0 Å². The highest BCUT2D eigenvalue weighted by Gasteiger charge is 2.09. The third-order valence-electron chi connectivity index (χ3n) is 3.60. The molecule has 0 fully saturated rings. The van der Waals surface area contributed by atoms with Crippen LogP contribution in [0.2, 0.25) is 0 Å². The molecule has 0 aliphatic rings. The third kappa shape index (κ3) is 6.47. The van der Waals surface area contributed by atoms with Gasteiger partial charge in [0.05, 0.1) is 0 Å². The van der Waals surface area contributed by atoms with Crippen molar-refractivity contribution in [3.05, 3.63) is 23.4 Å². The van der Waals surface area contributed by atoms with E-state index in [1.165, 1.54) is 24.1 Å². The fraction of sp³-hybridized carbons (Fsp3) is 0.722. The Labute approximate surface area is 131 Å². The minimum Gasteiger partial charge on any atom is -0.360 e. The molecule has 0 bridgehead atoms. The molecule has 0 aromatic carbocycles. The largest absolute Gasteiger partial charge is 0.360 e. The number of rotatable bonds is 9. The minimum absolute atomic E-state index is 0.466. The SMILES string of the molecule is CCCCN(C)c1cc(CNCC(C)C)cc(C(C)C)n1. The van der Waals surface area contributed by atoms with Gasteiger partial charge < -0.3 is 10.2 Å². The molecule has 3 nitrogen and oxygen atoms in total. The first kappa shape index (κ1) is 18.0. The molecule has 0 saturated heterocycles. The van der Waals surface area contributed by atoms with Gasteiger partial charge in [0.25, 0.3) is 0 Å². The van der Waals surface area contributed by atoms with E-state index in [0.717, 1.165) is 25.5 Å². The normalized spacial score (nSPS) is 11.4. The van der Waals surface area contributed by atoms with Crippen LogP contribution in [0.5, 0.6) is 0 Å². The van der Waals surface area contributed by atoms with Crippen LogP contribution in [0.15, 0.2) is 12.1 Å². The Hall–Kier alpha value is -1.09. The van der Waals surface area contributed by atoms with Gasteiger partial charge in [0.2, 0.25) is 0 Å². The van der Waals surface area contributed by atoms with Crippen LogP contribution in [0.3, 0.4) is 0 Å². The van der Waals surface area contributed by atoms with Crippen molar-refractivity contribution < 1.29 is 0 Å². The van der Waals surface area contributed by atoms with E-state index in [4.69, 9.17) is 4.98 Å². The molecule has 0 saturated carbocycles. The van der Waals surface area contributed by atoms with Crippen molar-refractivity contribution in [3.8, 4) is 0 Å². The van der Waals surface area contributed by atoms with Crippen molar-refractivity contribution in [1.82, 2.24) is 10.3 Å². The van der Waals surface area contributed by atoms with Crippen molar-refractivity contribution in [2.45, 2.75) is 59.9 Å². The van der Waals surface area contributed by atoms with E-state index < -0.39 is 0 Å². The number of nitrogens with zero attached hydrogens (tertiary/aromatic N) is 2. The van der Waals surface area contributed by atoms with Crippen molar-refractivity contribution in [2.24, 2.45) is 5.92 Å². The van der Waals surface area contributed by atoms with Crippen LogP contribution < -0.4 is 10.2 Å². The maximum atomic E-state index is 4.83. The summed E-state index contributed by atoms with van der Waals surface area (Å²) in [6.07, 6.45) is 2.43. The molecule has 0 aliphatic heterocycles. The van der Waals surface area contributed by atoms with Crippen LogP contribution in [0.25, 0.3) is 0 Å². The summed E-state index contributed by atoms with van der Waals surface area (Å²) in [6.45, 7) is 14.2. The monoisotopic (exact) mass is 291 g/mol. The minimum atomic E-state index is 0.466. The van der Waals surface area contributed by atoms with Gasteiger partial charge in [-0.25, -0.2) is 4.98 Å². The van der Waals surface area contributed by atoms with E-state index in [-0.39, 0.29) is 0 Å². The number of pyridine rings is 1. The molecule has 0 atom stereocenters. The molecule has 0 radical (unpaired) electrons. The average Bonchev–Trinajstić information content (AvgIpc) is 2.43. The van der Waals surface area contributed by atoms with E-state index in [1.807, 2.05) is 0 Å². The van der Waals surface area contributed by atoms with E-state index in [9.17, 15) is 0 Å². The highest BCUT2D eigenvalue weighted by Crippen LogP contribution is 2.20. The lowest BCUT2D eigenvalue weighted by atomic mass is 10.1. The second kappa shape index (κ2) is 9.04. The fourth-order valence-electron chi connectivity index (χ4n) is 2.20. The van der Waals surface area contributed by atoms with E-state index >= 15 is 0 Å². The molecule has 1 aromatic rings. The molecule has 1 N–H and O–H groups in total. The summed E-state index contributed by atoms with van der Waals surface area (Å²) in [5.41, 5.74) is 2.53. The van der Waals surface area contributed by atoms with Gasteiger partial charge in [-0.2, -0.15) is 0 Å². The summed E-state index contributed by atoms with van der Waals surface area (Å²) < 4.78 is 0. The molecule has 120 valence electrons. The van der Waals surface area contributed by atoms with Gasteiger partial charge >= 0.3 is 0 Å². The topological polar surface area (TPSA) is 28.2 Å². The van der Waals surface area contributed by atoms with Crippen LogP contribution in [0, 0.1) is 5.92 Å². The predicted octanol–water partition coefficient (Wildman–Crippen LogP) is 4.19. The summed E-state index contributed by atoms with van der Waals surface area (Å²) in [6, 6.07) is 4.48. The van der Waals surface area contributed by atoms with Gasteiger partial charge in [0.1, 0.15) is 5.82 Å². The first-order valence-electron chi connectivity index (χ1n) is 8.36. The summed E-state index contributed by atoms with van der Waals surface area (Å²) in [7, 11) is 2.15. The molecular formula is C18H33N3. The summed E-state index contributed by atoms with van der Waals surface area (Å²) in [5, 5.41) is 3.53. The maximum absolute atomic E-state index is 4.83. The first-order valence-corrected chi connectivity index (χ1v) is 8.36. The van der Waals surface area contributed by atoms with Crippen molar-refractivity contribution in [1.29, 1.82) is 0 Å². The lowest BCUT2D eigenvalue weighted by molar-refractivity contribution is 0.551. The second-order valence-electron chi connectivity index (χ2n) is 6.71. The zero-order valence-corrected chi connectivity index (χ0v) is 14.7. The number of hydrogen-bond acceptors (Lipinski definition) is 3. The Morgan fingerprint density at radius 3 is 2.48 bits per heavy atom. The molecule has 3 heteroatoms. The van der Waals surface area contributed by atoms with Crippen molar-refractivity contribution in [3.63, 3.8) is 0 Å². The summed E-state index contributed by atoms with van der Waals surface area (Å²) in [4.78, 5) is 7.11. The van der Waals surface area contributed by atoms with Crippen molar-refractivity contribution >= 4 is 5.82 Å². The van der Waals surface area contributed by atoms with Gasteiger partial charge in [0.15, 0.2) is 0 Å². The molecule has 0 aliphatic carbocycles. The lowest BCUT2D eigenvalue weighted by Crippen LogP contribution is -2.22. The molecule has 1 rings (SSSR count). The molecule has 0 spiro atoms. The number of anilines is 1. The van der Waals surface area contributed by atoms with Gasteiger partial charge in [-0.05, 0) is 42.5 Å². The van der Waals surface area contributed by atoms with Crippen LogP contribution in [0.4, 0.5) is 5.82 Å². The highest BCUT2D eigenvalue weighted by atomic mass is 15.2. The molecule has 1 heterocycles. The predicted molar refractivity (Wildman–Crippen MR) is 93.0 cm³/mol. The van der Waals surface area contributed by atoms with Gasteiger partial charge in [-0.15, -0.1) is 0 Å². The number of unbranched alkanes of at least 4 members (excludes halogenated alkanes) is 1. The Balaban J connectivity index is 2.84. The lowest BCUT2D eigenvalue weighted by Gasteiger charge is -2.21. The number of aromatic nitrogens is 1. The fourth-order valence-corrected chi connectivity index (χ4v) is 2.20. The quantitative estimate of drug-likeness (QED) is 0.739. The standard InChI is InChI=1S/C18H33N3/c1-7-8-9-21(6)18-11-16(13-19-12-14(2)3)10-17(20-18)15(4)5/h10-11,14-15,19H,7-9,12-13H2,1-6H3. The van der Waals surface area contributed by atoms with E-state index in [1.54, 1.807) is 0 Å². The van der Waals surface area contributed by atoms with E-state index in [2.05, 4.69) is 64.0 Å². The molecule has 0 unspecified atom stereocenters. The van der Waals surface area contributed by atoms with Gasteiger partial charge in [-0.1, -0.05) is 41.0 Å². The van der Waals surface area contributed by atoms with Gasteiger partial charge in [0, 0.05) is 25.8 Å². The smallest absolute Gasteiger partial charge is 0.128 e. The van der Waals surface area contributed by atoms with E-state index in [0.29, 0.717) is 11.8 Å². The molecule has 0 amide bonds. The number of hydrogen-bond donors (Lipinski definition) is 1.